The normalized spacial score (nSPS) is 10.9. The average Bonchev–Trinajstić information content (AvgIpc) is 2.79. The summed E-state index contributed by atoms with van der Waals surface area (Å²) in [5, 5.41) is 4.32. The van der Waals surface area contributed by atoms with Crippen LogP contribution in [0.25, 0.3) is 0 Å². The zero-order chi connectivity index (χ0) is 15.4. The van der Waals surface area contributed by atoms with Crippen LogP contribution in [0, 0.1) is 12.8 Å². The molecule has 3 N–H and O–H groups in total. The van der Waals surface area contributed by atoms with Gasteiger partial charge in [-0.25, -0.2) is 0 Å². The van der Waals surface area contributed by atoms with Crippen molar-refractivity contribution in [2.45, 2.75) is 27.2 Å². The fraction of sp³-hybridized carbons (Fsp3) is 0.353. The highest BCUT2D eigenvalue weighted by Crippen LogP contribution is 2.31. The molecule has 21 heavy (non-hydrogen) atoms. The van der Waals surface area contributed by atoms with E-state index in [-0.39, 0.29) is 11.7 Å². The predicted molar refractivity (Wildman–Crippen MR) is 91.3 cm³/mol. The molecule has 1 heterocycles. The molecule has 0 spiro atoms. The molecule has 3 nitrogen and oxygen atoms in total. The number of hydrogen-bond acceptors (Lipinski definition) is 4. The van der Waals surface area contributed by atoms with Gasteiger partial charge >= 0.3 is 0 Å². The molecule has 0 bridgehead atoms. The monoisotopic (exact) mass is 302 g/mol. The number of carbonyl (C=O) groups excluding carboxylic acids is 1. The van der Waals surface area contributed by atoms with Crippen molar-refractivity contribution in [1.29, 1.82) is 0 Å². The zero-order valence-electron chi connectivity index (χ0n) is 12.8. The molecule has 0 atom stereocenters. The van der Waals surface area contributed by atoms with E-state index in [4.69, 9.17) is 5.73 Å². The van der Waals surface area contributed by atoms with Gasteiger partial charge in [0.25, 0.3) is 0 Å². The summed E-state index contributed by atoms with van der Waals surface area (Å²) in [7, 11) is 0. The number of benzene rings is 1. The Labute approximate surface area is 130 Å². The van der Waals surface area contributed by atoms with Gasteiger partial charge in [-0.1, -0.05) is 43.7 Å². The lowest BCUT2D eigenvalue weighted by molar-refractivity contribution is 0.0944. The minimum absolute atomic E-state index is 0.0221. The first-order valence-electron chi connectivity index (χ1n) is 7.20. The quantitative estimate of drug-likeness (QED) is 0.789. The van der Waals surface area contributed by atoms with Gasteiger partial charge in [-0.05, 0) is 25.0 Å². The predicted octanol–water partition coefficient (Wildman–Crippen LogP) is 4.13. The lowest BCUT2D eigenvalue weighted by Crippen LogP contribution is -2.07. The van der Waals surface area contributed by atoms with Crippen molar-refractivity contribution < 1.29 is 4.79 Å². The van der Waals surface area contributed by atoms with Crippen molar-refractivity contribution in [3.8, 4) is 0 Å². The van der Waals surface area contributed by atoms with Crippen LogP contribution in [0.2, 0.25) is 0 Å². The van der Waals surface area contributed by atoms with Crippen LogP contribution in [0.4, 0.5) is 10.7 Å². The van der Waals surface area contributed by atoms with Crippen LogP contribution in [0.15, 0.2) is 30.3 Å². The zero-order valence-corrected chi connectivity index (χ0v) is 13.6. The summed E-state index contributed by atoms with van der Waals surface area (Å²) in [6.45, 7) is 6.72. The third-order valence-electron chi connectivity index (χ3n) is 3.30. The van der Waals surface area contributed by atoms with Gasteiger partial charge < -0.3 is 11.1 Å². The molecule has 0 aliphatic rings. The highest BCUT2D eigenvalue weighted by Gasteiger charge is 2.17. The maximum Gasteiger partial charge on any atom is 0.177 e. The van der Waals surface area contributed by atoms with Crippen LogP contribution in [0.5, 0.6) is 0 Å². The molecule has 0 fully saturated rings. The third-order valence-corrected chi connectivity index (χ3v) is 4.43. The van der Waals surface area contributed by atoms with Gasteiger partial charge in [0.05, 0.1) is 15.6 Å². The molecule has 0 saturated heterocycles. The lowest BCUT2D eigenvalue weighted by Gasteiger charge is -2.04. The van der Waals surface area contributed by atoms with Gasteiger partial charge in [-0.15, -0.1) is 11.3 Å². The van der Waals surface area contributed by atoms with Crippen molar-refractivity contribution in [2.75, 3.05) is 17.6 Å². The number of anilines is 2. The minimum Gasteiger partial charge on any atom is -0.397 e. The Morgan fingerprint density at radius 1 is 1.33 bits per heavy atom. The van der Waals surface area contributed by atoms with Gasteiger partial charge in [-0.2, -0.15) is 0 Å². The molecule has 2 rings (SSSR count). The number of thiophene rings is 1. The summed E-state index contributed by atoms with van der Waals surface area (Å²) >= 11 is 1.45. The second-order valence-electron chi connectivity index (χ2n) is 5.58. The van der Waals surface area contributed by atoms with Crippen LogP contribution in [0.1, 0.15) is 34.6 Å². The van der Waals surface area contributed by atoms with Crippen molar-refractivity contribution >= 4 is 27.8 Å². The highest BCUT2D eigenvalue weighted by atomic mass is 32.1. The number of ketones is 1. The van der Waals surface area contributed by atoms with Crippen molar-refractivity contribution in [1.82, 2.24) is 0 Å². The molecule has 0 unspecified atom stereocenters. The van der Waals surface area contributed by atoms with Gasteiger partial charge in [0.2, 0.25) is 0 Å². The number of hydrogen-bond donors (Lipinski definition) is 2. The third kappa shape index (κ3) is 4.08. The van der Waals surface area contributed by atoms with E-state index in [1.54, 1.807) is 0 Å². The summed E-state index contributed by atoms with van der Waals surface area (Å²) in [5.41, 5.74) is 9.10. The summed E-state index contributed by atoms with van der Waals surface area (Å²) in [6.07, 6.45) is 0.951. The summed E-state index contributed by atoms with van der Waals surface area (Å²) in [4.78, 5) is 12.7. The van der Waals surface area contributed by atoms with E-state index in [2.05, 4.69) is 36.5 Å². The van der Waals surface area contributed by atoms with Crippen LogP contribution < -0.4 is 11.1 Å². The molecule has 1 aromatic carbocycles. The Balaban J connectivity index is 1.95. The van der Waals surface area contributed by atoms with E-state index in [1.165, 1.54) is 22.5 Å². The Morgan fingerprint density at radius 3 is 2.76 bits per heavy atom. The van der Waals surface area contributed by atoms with E-state index in [0.29, 0.717) is 10.6 Å². The van der Waals surface area contributed by atoms with Gasteiger partial charge in [0, 0.05) is 12.5 Å². The molecular formula is C17H22N2OS. The van der Waals surface area contributed by atoms with Crippen LogP contribution in [0.3, 0.4) is 0 Å². The van der Waals surface area contributed by atoms with Gasteiger partial charge in [0.1, 0.15) is 0 Å². The Bertz CT molecular complexity index is 631. The first-order valence-corrected chi connectivity index (χ1v) is 8.02. The van der Waals surface area contributed by atoms with E-state index in [1.807, 2.05) is 19.9 Å². The number of rotatable bonds is 6. The van der Waals surface area contributed by atoms with Crippen LogP contribution in [-0.4, -0.2) is 12.3 Å². The molecule has 0 aliphatic heterocycles. The van der Waals surface area contributed by atoms with E-state index in [0.717, 1.165) is 18.0 Å². The molecule has 112 valence electrons. The molecule has 0 aliphatic carbocycles. The van der Waals surface area contributed by atoms with Gasteiger partial charge in [-0.3, -0.25) is 4.79 Å². The standard InChI is InChI=1S/C17H22N2OS/c1-11(2)16(20)17-14(18)10-15(21-17)19-8-7-13-6-4-5-12(3)9-13/h4-6,9-11,19H,7-8,18H2,1-3H3. The van der Waals surface area contributed by atoms with E-state index < -0.39 is 0 Å². The van der Waals surface area contributed by atoms with Crippen LogP contribution in [-0.2, 0) is 6.42 Å². The Hall–Kier alpha value is -1.81. The first kappa shape index (κ1) is 15.6. The summed E-state index contributed by atoms with van der Waals surface area (Å²) < 4.78 is 0. The maximum atomic E-state index is 12.0. The van der Waals surface area contributed by atoms with Crippen molar-refractivity contribution in [3.05, 3.63) is 46.3 Å². The van der Waals surface area contributed by atoms with Crippen LogP contribution >= 0.6 is 11.3 Å². The molecule has 0 saturated carbocycles. The SMILES string of the molecule is Cc1cccc(CCNc2cc(N)c(C(=O)C(C)C)s2)c1. The second-order valence-corrected chi connectivity index (χ2v) is 6.63. The number of Topliss-reactive ketones (excluding diaryl/α,β-unsaturated/α-hetero) is 1. The summed E-state index contributed by atoms with van der Waals surface area (Å²) in [5.74, 6) is 0.0929. The fourth-order valence-electron chi connectivity index (χ4n) is 2.14. The van der Waals surface area contributed by atoms with Gasteiger partial charge in [0.15, 0.2) is 5.78 Å². The molecule has 4 heteroatoms. The highest BCUT2D eigenvalue weighted by molar-refractivity contribution is 7.18. The number of nitrogens with one attached hydrogen (secondary N) is 1. The van der Waals surface area contributed by atoms with E-state index in [9.17, 15) is 4.79 Å². The maximum absolute atomic E-state index is 12.0. The molecule has 0 amide bonds. The largest absolute Gasteiger partial charge is 0.397 e. The Kier molecular flexibility index (Phi) is 5.02. The number of nitrogen functional groups attached to an aromatic ring is 1. The fourth-order valence-corrected chi connectivity index (χ4v) is 3.24. The number of carbonyl (C=O) groups is 1. The summed E-state index contributed by atoms with van der Waals surface area (Å²) in [6, 6.07) is 10.4. The second kappa shape index (κ2) is 6.76. The molecule has 1 aromatic heterocycles. The lowest BCUT2D eigenvalue weighted by atomic mass is 10.1. The average molecular weight is 302 g/mol. The molecular weight excluding hydrogens is 280 g/mol. The van der Waals surface area contributed by atoms with E-state index >= 15 is 0 Å². The Morgan fingerprint density at radius 2 is 2.10 bits per heavy atom. The minimum atomic E-state index is -0.0221. The van der Waals surface area contributed by atoms with Crippen molar-refractivity contribution in [3.63, 3.8) is 0 Å². The molecule has 2 aromatic rings. The number of aryl methyl sites for hydroxylation is 1. The topological polar surface area (TPSA) is 55.1 Å². The molecule has 0 radical (unpaired) electrons. The number of nitrogens with two attached hydrogens (primary N) is 1. The first-order chi connectivity index (χ1) is 9.97. The van der Waals surface area contributed by atoms with Crippen molar-refractivity contribution in [2.24, 2.45) is 5.92 Å². The smallest absolute Gasteiger partial charge is 0.177 e.